The van der Waals surface area contributed by atoms with Crippen LogP contribution in [0.3, 0.4) is 0 Å². The summed E-state index contributed by atoms with van der Waals surface area (Å²) in [6, 6.07) is 12.0. The van der Waals surface area contributed by atoms with Gasteiger partial charge in [-0.25, -0.2) is 8.42 Å². The molecule has 34 heavy (non-hydrogen) atoms. The van der Waals surface area contributed by atoms with Crippen LogP contribution in [0.4, 0.5) is 0 Å². The molecule has 1 aliphatic heterocycles. The Morgan fingerprint density at radius 2 is 1.71 bits per heavy atom. The summed E-state index contributed by atoms with van der Waals surface area (Å²) in [5.74, 6) is -3.48. The molecular formula is C23H25N3O7S. The van der Waals surface area contributed by atoms with Crippen LogP contribution in [0.2, 0.25) is 0 Å². The van der Waals surface area contributed by atoms with Crippen LogP contribution in [0, 0.1) is 0 Å². The van der Waals surface area contributed by atoms with Crippen LogP contribution in [0.5, 0.6) is 0 Å². The number of benzene rings is 2. The van der Waals surface area contributed by atoms with Crippen LogP contribution < -0.4 is 10.0 Å². The molecule has 0 aromatic heterocycles. The zero-order chi connectivity index (χ0) is 25.0. The minimum absolute atomic E-state index is 0.290. The maximum absolute atomic E-state index is 12.5. The fourth-order valence-electron chi connectivity index (χ4n) is 3.60. The minimum atomic E-state index is -3.95. The second-order valence-electron chi connectivity index (χ2n) is 8.08. The largest absolute Gasteiger partial charge is 0.480 e. The quantitative estimate of drug-likeness (QED) is 0.417. The van der Waals surface area contributed by atoms with Crippen molar-refractivity contribution >= 4 is 33.6 Å². The Bertz CT molecular complexity index is 1230. The summed E-state index contributed by atoms with van der Waals surface area (Å²) in [6.07, 6.45) is 1.30. The molecule has 1 heterocycles. The SMILES string of the molecule is CC(=O)C(NC(=O)CN1CCc2ccccc2C1=O)C(NS(C)(=O)=O)C(=O)O.c1cc2cc-2c1. The fourth-order valence-corrected chi connectivity index (χ4v) is 4.30. The first-order chi connectivity index (χ1) is 16.0. The number of hydrogen-bond donors (Lipinski definition) is 3. The van der Waals surface area contributed by atoms with E-state index in [1.165, 1.54) is 16.0 Å². The zero-order valence-electron chi connectivity index (χ0n) is 18.6. The number of aliphatic carboxylic acids is 1. The van der Waals surface area contributed by atoms with Gasteiger partial charge in [0.25, 0.3) is 5.91 Å². The van der Waals surface area contributed by atoms with Crippen molar-refractivity contribution in [2.75, 3.05) is 19.3 Å². The lowest BCUT2D eigenvalue weighted by Crippen LogP contribution is -2.59. The molecule has 2 amide bonds. The molecule has 180 valence electrons. The molecule has 1 aromatic carbocycles. The third kappa shape index (κ3) is 6.49. The molecule has 2 unspecified atom stereocenters. The first-order valence-corrected chi connectivity index (χ1v) is 12.3. The maximum Gasteiger partial charge on any atom is 0.324 e. The second-order valence-corrected chi connectivity index (χ2v) is 9.86. The van der Waals surface area contributed by atoms with Gasteiger partial charge in [0.05, 0.1) is 12.8 Å². The number of nitrogens with one attached hydrogen (secondary N) is 2. The van der Waals surface area contributed by atoms with Crippen LogP contribution in [0.15, 0.2) is 48.5 Å². The Hall–Kier alpha value is -3.57. The number of carbonyl (C=O) groups excluding carboxylic acids is 3. The molecule has 1 aromatic rings. The number of amides is 2. The van der Waals surface area contributed by atoms with Crippen molar-refractivity contribution in [1.82, 2.24) is 14.9 Å². The normalized spacial score (nSPS) is 15.2. The summed E-state index contributed by atoms with van der Waals surface area (Å²) in [5, 5.41) is 11.5. The Labute approximate surface area is 197 Å². The maximum atomic E-state index is 12.5. The van der Waals surface area contributed by atoms with Crippen molar-refractivity contribution < 1.29 is 32.7 Å². The topological polar surface area (TPSA) is 150 Å². The zero-order valence-corrected chi connectivity index (χ0v) is 19.5. The van der Waals surface area contributed by atoms with Gasteiger partial charge in [-0.1, -0.05) is 36.4 Å². The molecular weight excluding hydrogens is 462 g/mol. The Kier molecular flexibility index (Phi) is 7.48. The van der Waals surface area contributed by atoms with Gasteiger partial charge >= 0.3 is 5.97 Å². The number of sulfonamides is 1. The highest BCUT2D eigenvalue weighted by Crippen LogP contribution is 2.32. The lowest BCUT2D eigenvalue weighted by atomic mass is 9.99. The molecule has 2 aliphatic carbocycles. The number of ketones is 1. The standard InChI is InChI=1S/C17H21N3O7S.C6H4/c1-10(21)14(15(17(24)25)19-28(2,26)27)18-13(22)9-20-8-7-11-5-3-4-6-12(11)16(20)23;1-2-5-4-6(5)3-1/h3-6,14-15,19H,7-9H2,1-2H3,(H,18,22)(H,24,25);1-4H. The van der Waals surface area contributed by atoms with E-state index in [2.05, 4.69) is 29.6 Å². The smallest absolute Gasteiger partial charge is 0.324 e. The average Bonchev–Trinajstić information content (AvgIpc) is 3.36. The number of fused-ring (bicyclic) bond motifs is 2. The van der Waals surface area contributed by atoms with Crippen LogP contribution >= 0.6 is 0 Å². The predicted molar refractivity (Wildman–Crippen MR) is 124 cm³/mol. The monoisotopic (exact) mass is 487 g/mol. The Morgan fingerprint density at radius 1 is 1.06 bits per heavy atom. The number of Topliss-reactive ketones (excluding diaryl/α,β-unsaturated/α-hetero) is 1. The highest BCUT2D eigenvalue weighted by molar-refractivity contribution is 7.88. The summed E-state index contributed by atoms with van der Waals surface area (Å²) in [6.45, 7) is 0.938. The van der Waals surface area contributed by atoms with Crippen molar-refractivity contribution in [1.29, 1.82) is 0 Å². The highest BCUT2D eigenvalue weighted by Gasteiger charge is 2.36. The van der Waals surface area contributed by atoms with E-state index in [0.717, 1.165) is 18.7 Å². The third-order valence-corrected chi connectivity index (χ3v) is 6.01. The van der Waals surface area contributed by atoms with Crippen LogP contribution in [-0.4, -0.2) is 73.4 Å². The molecule has 3 N–H and O–H groups in total. The van der Waals surface area contributed by atoms with Gasteiger partial charge in [0.15, 0.2) is 5.78 Å². The molecule has 0 spiro atoms. The number of carbonyl (C=O) groups is 4. The van der Waals surface area contributed by atoms with E-state index < -0.39 is 39.8 Å². The lowest BCUT2D eigenvalue weighted by molar-refractivity contribution is -0.142. The Morgan fingerprint density at radius 3 is 2.21 bits per heavy atom. The van der Waals surface area contributed by atoms with E-state index in [-0.39, 0.29) is 19.0 Å². The fraction of sp³-hybridized carbons (Fsp3) is 0.304. The first kappa shape index (κ1) is 25.1. The molecule has 0 saturated heterocycles. The number of rotatable bonds is 8. The molecule has 2 atom stereocenters. The molecule has 4 rings (SSSR count). The van der Waals surface area contributed by atoms with Crippen LogP contribution in [0.25, 0.3) is 11.1 Å². The van der Waals surface area contributed by atoms with E-state index in [4.69, 9.17) is 0 Å². The van der Waals surface area contributed by atoms with Gasteiger partial charge in [-0.05, 0) is 42.2 Å². The highest BCUT2D eigenvalue weighted by atomic mass is 32.2. The van der Waals surface area contributed by atoms with Gasteiger partial charge in [0.1, 0.15) is 12.1 Å². The molecule has 0 bridgehead atoms. The van der Waals surface area contributed by atoms with Gasteiger partial charge < -0.3 is 15.3 Å². The Balaban J connectivity index is 0.000000457. The van der Waals surface area contributed by atoms with Gasteiger partial charge in [-0.3, -0.25) is 19.2 Å². The van der Waals surface area contributed by atoms with E-state index in [1.807, 2.05) is 16.9 Å². The molecule has 0 radical (unpaired) electrons. The first-order valence-electron chi connectivity index (χ1n) is 10.4. The summed E-state index contributed by atoms with van der Waals surface area (Å²) in [7, 11) is -3.95. The van der Waals surface area contributed by atoms with E-state index in [1.54, 1.807) is 12.1 Å². The lowest BCUT2D eigenvalue weighted by Gasteiger charge is -2.29. The van der Waals surface area contributed by atoms with Gasteiger partial charge in [0, 0.05) is 12.1 Å². The molecule has 10 nitrogen and oxygen atoms in total. The van der Waals surface area contributed by atoms with Crippen molar-refractivity contribution in [3.05, 3.63) is 59.7 Å². The predicted octanol–water partition coefficient (Wildman–Crippen LogP) is 0.428. The third-order valence-electron chi connectivity index (χ3n) is 5.33. The van der Waals surface area contributed by atoms with Crippen molar-refractivity contribution in [3.63, 3.8) is 0 Å². The summed E-state index contributed by atoms with van der Waals surface area (Å²) < 4.78 is 24.6. The minimum Gasteiger partial charge on any atom is -0.480 e. The number of nitrogens with zero attached hydrogens (tertiary/aromatic N) is 1. The molecule has 0 saturated carbocycles. The van der Waals surface area contributed by atoms with Crippen molar-refractivity contribution in [3.8, 4) is 11.1 Å². The molecule has 3 aliphatic rings. The number of carboxylic acid groups (broad SMARTS) is 1. The van der Waals surface area contributed by atoms with Gasteiger partial charge in [-0.15, -0.1) is 0 Å². The van der Waals surface area contributed by atoms with E-state index >= 15 is 0 Å². The van der Waals surface area contributed by atoms with Gasteiger partial charge in [0.2, 0.25) is 15.9 Å². The average molecular weight is 488 g/mol. The van der Waals surface area contributed by atoms with E-state index in [9.17, 15) is 32.7 Å². The molecule has 0 fully saturated rings. The number of hydrogen-bond acceptors (Lipinski definition) is 6. The summed E-state index contributed by atoms with van der Waals surface area (Å²) in [5.41, 5.74) is 4.20. The summed E-state index contributed by atoms with van der Waals surface area (Å²) >= 11 is 0. The summed E-state index contributed by atoms with van der Waals surface area (Å²) in [4.78, 5) is 49.4. The molecule has 11 heteroatoms. The van der Waals surface area contributed by atoms with Gasteiger partial charge in [-0.2, -0.15) is 4.72 Å². The second kappa shape index (κ2) is 10.1. The van der Waals surface area contributed by atoms with Crippen molar-refractivity contribution in [2.24, 2.45) is 0 Å². The van der Waals surface area contributed by atoms with Crippen molar-refractivity contribution in [2.45, 2.75) is 25.4 Å². The van der Waals surface area contributed by atoms with Crippen LogP contribution in [0.1, 0.15) is 22.8 Å². The van der Waals surface area contributed by atoms with E-state index in [0.29, 0.717) is 12.0 Å². The number of carboxylic acids is 1. The van der Waals surface area contributed by atoms with Crippen LogP contribution in [-0.2, 0) is 30.8 Å².